The molecule has 64 heavy (non-hydrogen) atoms. The third-order valence-corrected chi connectivity index (χ3v) is 14.7. The molecule has 0 radical (unpaired) electrons. The number of aromatic nitrogens is 2. The molecule has 2 heterocycles. The molecule has 9 rings (SSSR count). The van der Waals surface area contributed by atoms with E-state index >= 15 is 0 Å². The van der Waals surface area contributed by atoms with Crippen molar-refractivity contribution >= 4 is 100 Å². The van der Waals surface area contributed by atoms with Gasteiger partial charge < -0.3 is 4.74 Å². The molecule has 0 fully saturated rings. The van der Waals surface area contributed by atoms with E-state index in [0.29, 0.717) is 0 Å². The first-order valence-corrected chi connectivity index (χ1v) is 25.4. The second-order valence-electron chi connectivity index (χ2n) is 13.6. The van der Waals surface area contributed by atoms with Gasteiger partial charge in [-0.3, -0.25) is 9.97 Å². The zero-order valence-electron chi connectivity index (χ0n) is 33.6. The molecule has 332 valence electrons. The first kappa shape index (κ1) is 50.1. The first-order chi connectivity index (χ1) is 30.2. The van der Waals surface area contributed by atoms with Gasteiger partial charge in [0.1, 0.15) is 47.7 Å². The van der Waals surface area contributed by atoms with Gasteiger partial charge >= 0.3 is 50.1 Å². The van der Waals surface area contributed by atoms with Crippen molar-refractivity contribution in [3.8, 4) is 11.5 Å². The van der Waals surface area contributed by atoms with Gasteiger partial charge in [0.05, 0.1) is 16.4 Å². The summed E-state index contributed by atoms with van der Waals surface area (Å²) in [5.74, 6) is 1.85. The van der Waals surface area contributed by atoms with Crippen LogP contribution in [0.4, 0.5) is 25.2 Å². The molecule has 3 nitrogen and oxygen atoms in total. The van der Waals surface area contributed by atoms with E-state index in [1.165, 1.54) is 31.8 Å². The van der Waals surface area contributed by atoms with E-state index in [1.54, 1.807) is 12.4 Å². The van der Waals surface area contributed by atoms with Crippen molar-refractivity contribution in [1.29, 1.82) is 0 Å². The Bertz CT molecular complexity index is 2570. The Balaban J connectivity index is 0.000000251. The predicted molar refractivity (Wildman–Crippen MR) is 260 cm³/mol. The number of halogens is 8. The summed E-state index contributed by atoms with van der Waals surface area (Å²) in [5, 5.41) is 10.4. The second-order valence-corrected chi connectivity index (χ2v) is 21.2. The normalized spacial score (nSPS) is 11.9. The Labute approximate surface area is 390 Å². The fraction of sp³-hybridized carbons (Fsp3) is 0.0204. The summed E-state index contributed by atoms with van der Waals surface area (Å²) in [5.41, 5.74) is 1.95. The number of rotatable bonds is 8. The number of pyridine rings is 2. The van der Waals surface area contributed by atoms with E-state index in [1.807, 2.05) is 12.1 Å². The standard InChI is InChI=1S/C36H28OP2.C12H8N2.CH2Cl2.Cu.F6P/c1-5-17-29(18-6-1)38(30-19-7-2-8-20-30)35-27-15-13-25-33(35)37-34-26-14-16-28-36(34)39(31-21-9-3-10-22-31)32-23-11-4-12-24-32;1-3-9-5-6-10-4-2-8-14-12(10)11(9)13-7-1;2-1-3;;1-7(2,3,4,5)6/h1-28H;1-8H;1H2;;/q;;;+1;-1/p+2. The maximum absolute atomic E-state index is 10.7. The summed E-state index contributed by atoms with van der Waals surface area (Å²) >= 11 is 9.53. The number of hydrogen-bond acceptors (Lipinski definition) is 3. The third-order valence-electron chi connectivity index (χ3n) is 9.13. The molecule has 0 aliphatic rings. The van der Waals surface area contributed by atoms with Crippen LogP contribution in [0.1, 0.15) is 0 Å². The average molecular weight is 1010 g/mol. The molecule has 2 aromatic heterocycles. The minimum absolute atomic E-state index is 0. The molecule has 15 heteroatoms. The molecule has 9 aromatic rings. The average Bonchev–Trinajstić information content (AvgIpc) is 3.29. The van der Waals surface area contributed by atoms with Gasteiger partial charge in [-0.1, -0.05) is 121 Å². The molecule has 0 aliphatic carbocycles. The van der Waals surface area contributed by atoms with Crippen LogP contribution in [0.5, 0.6) is 11.5 Å². The van der Waals surface area contributed by atoms with Gasteiger partial charge in [0.15, 0.2) is 11.5 Å². The van der Waals surface area contributed by atoms with Crippen LogP contribution in [-0.4, -0.2) is 15.3 Å². The SMILES string of the molecule is ClCCl.F[P-](F)(F)(F)(F)F.[Cu+].c1ccc([PH+](c2ccccc2)c2ccccc2Oc2ccccc2[PH+](c2ccccc2)c2ccccc2)cc1.c1cnc2c(c1)ccc1cccnc12. The van der Waals surface area contributed by atoms with Gasteiger partial charge in [0.25, 0.3) is 0 Å². The summed E-state index contributed by atoms with van der Waals surface area (Å²) in [4.78, 5) is 8.69. The molecular weight excluding hydrogens is 974 g/mol. The summed E-state index contributed by atoms with van der Waals surface area (Å²) < 4.78 is 66.1. The van der Waals surface area contributed by atoms with Crippen LogP contribution >= 0.6 is 46.9 Å². The van der Waals surface area contributed by atoms with E-state index in [-0.39, 0.29) is 22.4 Å². The summed E-state index contributed by atoms with van der Waals surface area (Å²) in [6.07, 6.45) is 3.60. The van der Waals surface area contributed by atoms with E-state index in [2.05, 4.69) is 204 Å². The van der Waals surface area contributed by atoms with Crippen LogP contribution in [0.15, 0.2) is 219 Å². The number of benzene rings is 7. The van der Waals surface area contributed by atoms with Crippen molar-refractivity contribution in [3.05, 3.63) is 219 Å². The summed E-state index contributed by atoms with van der Waals surface area (Å²) in [6, 6.07) is 72.7. The maximum atomic E-state index is 9.87. The van der Waals surface area contributed by atoms with Crippen molar-refractivity contribution in [2.75, 3.05) is 5.34 Å². The molecule has 0 saturated heterocycles. The van der Waals surface area contributed by atoms with E-state index < -0.39 is 23.7 Å². The number of para-hydroxylation sites is 2. The zero-order chi connectivity index (χ0) is 44.8. The Kier molecular flexibility index (Phi) is 17.5. The molecule has 0 amide bonds. The van der Waals surface area contributed by atoms with E-state index in [9.17, 15) is 25.2 Å². The molecule has 0 spiro atoms. The van der Waals surface area contributed by atoms with Crippen molar-refractivity contribution in [3.63, 3.8) is 0 Å². The molecule has 0 atom stereocenters. The van der Waals surface area contributed by atoms with E-state index in [0.717, 1.165) is 33.3 Å². The number of ether oxygens (including phenoxy) is 1. The first-order valence-electron chi connectivity index (χ1n) is 19.3. The summed E-state index contributed by atoms with van der Waals surface area (Å²) in [7, 11) is -13.2. The molecule has 0 bridgehead atoms. The monoisotopic (exact) mass is 1010 g/mol. The smallest absolute Gasteiger partial charge is 0.449 e. The van der Waals surface area contributed by atoms with Crippen molar-refractivity contribution in [1.82, 2.24) is 9.97 Å². The number of fused-ring (bicyclic) bond motifs is 3. The Hall–Kier alpha value is -4.87. The Morgan fingerprint density at radius 1 is 0.391 bits per heavy atom. The van der Waals surface area contributed by atoms with Crippen LogP contribution in [-0.2, 0) is 17.1 Å². The fourth-order valence-corrected chi connectivity index (χ4v) is 12.0. The van der Waals surface area contributed by atoms with Crippen molar-refractivity contribution in [2.24, 2.45) is 0 Å². The summed E-state index contributed by atoms with van der Waals surface area (Å²) in [6.45, 7) is 0. The van der Waals surface area contributed by atoms with Gasteiger partial charge in [0, 0.05) is 23.2 Å². The molecule has 0 saturated carbocycles. The Morgan fingerprint density at radius 2 is 0.656 bits per heavy atom. The fourth-order valence-electron chi connectivity index (χ4n) is 6.70. The molecule has 0 aliphatic heterocycles. The molecule has 7 aromatic carbocycles. The van der Waals surface area contributed by atoms with Crippen LogP contribution in [0.3, 0.4) is 0 Å². The quantitative estimate of drug-likeness (QED) is 0.0500. The number of alkyl halides is 2. The van der Waals surface area contributed by atoms with Gasteiger partial charge in [-0.25, -0.2) is 0 Å². The largest absolute Gasteiger partial charge is 1.00 e. The third kappa shape index (κ3) is 15.4. The van der Waals surface area contributed by atoms with Gasteiger partial charge in [-0.05, 0) is 84.9 Å². The van der Waals surface area contributed by atoms with E-state index in [4.69, 9.17) is 27.9 Å². The molecule has 0 N–H and O–H groups in total. The minimum Gasteiger partial charge on any atom is -0.449 e. The van der Waals surface area contributed by atoms with Crippen LogP contribution < -0.4 is 36.6 Å². The molecular formula is C49H40Cl2CuF6N2OP3+2. The van der Waals surface area contributed by atoms with Crippen LogP contribution in [0.2, 0.25) is 0 Å². The van der Waals surface area contributed by atoms with Crippen molar-refractivity contribution in [2.45, 2.75) is 0 Å². The topological polar surface area (TPSA) is 35.0 Å². The van der Waals surface area contributed by atoms with Gasteiger partial charge in [-0.2, -0.15) is 0 Å². The molecule has 0 unspecified atom stereocenters. The van der Waals surface area contributed by atoms with Crippen LogP contribution in [0, 0.1) is 0 Å². The minimum atomic E-state index is -10.7. The Morgan fingerprint density at radius 3 is 0.953 bits per heavy atom. The number of hydrogen-bond donors (Lipinski definition) is 0. The maximum Gasteiger partial charge on any atom is 1.00 e. The van der Waals surface area contributed by atoms with Gasteiger partial charge in [-0.15, -0.1) is 23.2 Å². The second kappa shape index (κ2) is 22.4. The zero-order valence-corrected chi connectivity index (χ0v) is 38.9. The van der Waals surface area contributed by atoms with Crippen molar-refractivity contribution < 1.29 is 47.0 Å². The predicted octanol–water partition coefficient (Wildman–Crippen LogP) is 14.0. The number of nitrogens with zero attached hydrogens (tertiary/aromatic N) is 2. The van der Waals surface area contributed by atoms with Gasteiger partial charge in [0.2, 0.25) is 0 Å². The van der Waals surface area contributed by atoms with Crippen LogP contribution in [0.25, 0.3) is 21.8 Å².